The van der Waals surface area contributed by atoms with Gasteiger partial charge in [-0.2, -0.15) is 0 Å². The van der Waals surface area contributed by atoms with Gasteiger partial charge in [0.2, 0.25) is 0 Å². The number of halogens is 2. The lowest BCUT2D eigenvalue weighted by atomic mass is 9.90. The summed E-state index contributed by atoms with van der Waals surface area (Å²) in [5, 5.41) is 1.24. The fraction of sp³-hybridized carbons (Fsp3) is 0.500. The van der Waals surface area contributed by atoms with E-state index in [2.05, 4.69) is 0 Å². The highest BCUT2D eigenvalue weighted by molar-refractivity contribution is 6.42. The molecule has 1 aliphatic rings. The molecule has 0 bridgehead atoms. The predicted octanol–water partition coefficient (Wildman–Crippen LogP) is 2.90. The number of hydrogen-bond donors (Lipinski definition) is 1. The molecule has 1 saturated heterocycles. The zero-order valence-electron chi connectivity index (χ0n) is 8.96. The lowest BCUT2D eigenvalue weighted by Crippen LogP contribution is -2.39. The molecule has 0 saturated carbocycles. The van der Waals surface area contributed by atoms with Gasteiger partial charge in [0.15, 0.2) is 0 Å². The highest BCUT2D eigenvalue weighted by Crippen LogP contribution is 2.28. The normalized spacial score (nSPS) is 25.7. The van der Waals surface area contributed by atoms with E-state index in [0.29, 0.717) is 22.6 Å². The van der Waals surface area contributed by atoms with Crippen molar-refractivity contribution in [1.82, 2.24) is 0 Å². The van der Waals surface area contributed by atoms with Crippen LogP contribution in [-0.2, 0) is 11.2 Å². The zero-order valence-corrected chi connectivity index (χ0v) is 10.5. The Morgan fingerprint density at radius 3 is 2.94 bits per heavy atom. The summed E-state index contributed by atoms with van der Waals surface area (Å²) >= 11 is 12.1. The molecule has 1 aliphatic heterocycles. The Hall–Kier alpha value is -0.280. The third-order valence-corrected chi connectivity index (χ3v) is 3.90. The van der Waals surface area contributed by atoms with Crippen LogP contribution < -0.4 is 5.73 Å². The van der Waals surface area contributed by atoms with Crippen LogP contribution in [0.15, 0.2) is 18.2 Å². The van der Waals surface area contributed by atoms with E-state index in [9.17, 15) is 0 Å². The fourth-order valence-corrected chi connectivity index (χ4v) is 2.41. The smallest absolute Gasteiger partial charge is 0.0624 e. The average molecular weight is 260 g/mol. The lowest BCUT2D eigenvalue weighted by Gasteiger charge is -2.29. The van der Waals surface area contributed by atoms with E-state index >= 15 is 0 Å². The van der Waals surface area contributed by atoms with Crippen molar-refractivity contribution in [2.24, 2.45) is 11.7 Å². The Morgan fingerprint density at radius 1 is 1.38 bits per heavy atom. The predicted molar refractivity (Wildman–Crippen MR) is 67.1 cm³/mol. The highest BCUT2D eigenvalue weighted by atomic mass is 35.5. The topological polar surface area (TPSA) is 35.2 Å². The van der Waals surface area contributed by atoms with Crippen molar-refractivity contribution in [3.8, 4) is 0 Å². The molecule has 0 aromatic heterocycles. The van der Waals surface area contributed by atoms with Crippen LogP contribution in [0.3, 0.4) is 0 Å². The van der Waals surface area contributed by atoms with Crippen LogP contribution in [0.25, 0.3) is 0 Å². The molecule has 4 heteroatoms. The van der Waals surface area contributed by atoms with Gasteiger partial charge in [0.05, 0.1) is 16.7 Å². The van der Waals surface area contributed by atoms with Crippen molar-refractivity contribution >= 4 is 23.2 Å². The van der Waals surface area contributed by atoms with E-state index in [1.54, 1.807) is 6.07 Å². The van der Waals surface area contributed by atoms with Gasteiger partial charge in [-0.1, -0.05) is 35.3 Å². The van der Waals surface area contributed by atoms with E-state index in [1.165, 1.54) is 0 Å². The van der Waals surface area contributed by atoms with Crippen LogP contribution in [0.2, 0.25) is 10.0 Å². The number of hydrogen-bond acceptors (Lipinski definition) is 2. The summed E-state index contributed by atoms with van der Waals surface area (Å²) in [6.45, 7) is 1.48. The van der Waals surface area contributed by atoms with E-state index < -0.39 is 0 Å². The molecule has 2 rings (SSSR count). The largest absolute Gasteiger partial charge is 0.381 e. The zero-order chi connectivity index (χ0) is 11.5. The van der Waals surface area contributed by atoms with Crippen LogP contribution in [0.1, 0.15) is 12.0 Å². The summed E-state index contributed by atoms with van der Waals surface area (Å²) in [6.07, 6.45) is 1.75. The minimum Gasteiger partial charge on any atom is -0.381 e. The number of benzene rings is 1. The van der Waals surface area contributed by atoms with Gasteiger partial charge >= 0.3 is 0 Å². The molecule has 88 valence electrons. The van der Waals surface area contributed by atoms with E-state index in [-0.39, 0.29) is 6.04 Å². The minimum atomic E-state index is 0.198. The summed E-state index contributed by atoms with van der Waals surface area (Å²) in [5.74, 6) is 0.338. The second kappa shape index (κ2) is 5.37. The second-order valence-corrected chi connectivity index (χ2v) is 4.99. The Kier molecular flexibility index (Phi) is 4.09. The van der Waals surface area contributed by atoms with Gasteiger partial charge in [0.25, 0.3) is 0 Å². The highest BCUT2D eigenvalue weighted by Gasteiger charge is 2.23. The van der Waals surface area contributed by atoms with Gasteiger partial charge in [-0.05, 0) is 24.5 Å². The molecule has 1 heterocycles. The van der Waals surface area contributed by atoms with Crippen LogP contribution in [-0.4, -0.2) is 19.3 Å². The maximum Gasteiger partial charge on any atom is 0.0624 e. The maximum absolute atomic E-state index is 6.15. The molecule has 2 N–H and O–H groups in total. The molecule has 0 spiro atoms. The Labute approximate surface area is 106 Å². The molecular formula is C12H15Cl2NO. The standard InChI is InChI=1S/C12H15Cl2NO/c13-10-3-1-2-8(12(10)14)6-9-7-16-5-4-11(9)15/h1-3,9,11H,4-7,15H2. The molecule has 2 nitrogen and oxygen atoms in total. The fourth-order valence-electron chi connectivity index (χ4n) is 2.01. The van der Waals surface area contributed by atoms with Gasteiger partial charge in [-0.25, -0.2) is 0 Å². The maximum atomic E-state index is 6.15. The van der Waals surface area contributed by atoms with Crippen LogP contribution in [0, 0.1) is 5.92 Å². The lowest BCUT2D eigenvalue weighted by molar-refractivity contribution is 0.0422. The summed E-state index contributed by atoms with van der Waals surface area (Å²) in [7, 11) is 0. The van der Waals surface area contributed by atoms with Crippen LogP contribution in [0.4, 0.5) is 0 Å². The van der Waals surface area contributed by atoms with Crippen molar-refractivity contribution in [2.75, 3.05) is 13.2 Å². The first kappa shape index (κ1) is 12.2. The SMILES string of the molecule is NC1CCOCC1Cc1cccc(Cl)c1Cl. The van der Waals surface area contributed by atoms with Crippen molar-refractivity contribution < 1.29 is 4.74 Å². The Morgan fingerprint density at radius 2 is 2.19 bits per heavy atom. The third-order valence-electron chi connectivity index (χ3n) is 3.05. The minimum absolute atomic E-state index is 0.198. The monoisotopic (exact) mass is 259 g/mol. The molecule has 1 aromatic carbocycles. The molecule has 1 aromatic rings. The number of ether oxygens (including phenoxy) is 1. The number of nitrogens with two attached hydrogens (primary N) is 1. The molecular weight excluding hydrogens is 245 g/mol. The molecule has 2 atom stereocenters. The van der Waals surface area contributed by atoms with E-state index in [1.807, 2.05) is 12.1 Å². The van der Waals surface area contributed by atoms with Crippen LogP contribution >= 0.6 is 23.2 Å². The Balaban J connectivity index is 2.10. The first-order chi connectivity index (χ1) is 7.68. The summed E-state index contributed by atoms with van der Waals surface area (Å²) < 4.78 is 5.44. The van der Waals surface area contributed by atoms with Crippen molar-refractivity contribution in [2.45, 2.75) is 18.9 Å². The van der Waals surface area contributed by atoms with Gasteiger partial charge in [0, 0.05) is 18.6 Å². The molecule has 1 fully saturated rings. The quantitative estimate of drug-likeness (QED) is 0.887. The van der Waals surface area contributed by atoms with Crippen LogP contribution in [0.5, 0.6) is 0 Å². The van der Waals surface area contributed by atoms with Crippen molar-refractivity contribution in [3.05, 3.63) is 33.8 Å². The Bertz CT molecular complexity index is 370. The van der Waals surface area contributed by atoms with Gasteiger partial charge in [0.1, 0.15) is 0 Å². The third kappa shape index (κ3) is 2.69. The molecule has 2 unspecified atom stereocenters. The van der Waals surface area contributed by atoms with E-state index in [0.717, 1.165) is 25.0 Å². The van der Waals surface area contributed by atoms with Gasteiger partial charge < -0.3 is 10.5 Å². The average Bonchev–Trinajstić information content (AvgIpc) is 2.28. The van der Waals surface area contributed by atoms with Crippen molar-refractivity contribution in [1.29, 1.82) is 0 Å². The summed E-state index contributed by atoms with van der Waals surface area (Å²) in [6, 6.07) is 5.91. The van der Waals surface area contributed by atoms with Gasteiger partial charge in [-0.3, -0.25) is 0 Å². The van der Waals surface area contributed by atoms with Gasteiger partial charge in [-0.15, -0.1) is 0 Å². The molecule has 0 aliphatic carbocycles. The first-order valence-corrected chi connectivity index (χ1v) is 6.20. The molecule has 0 amide bonds. The first-order valence-electron chi connectivity index (χ1n) is 5.44. The second-order valence-electron chi connectivity index (χ2n) is 4.20. The molecule has 16 heavy (non-hydrogen) atoms. The van der Waals surface area contributed by atoms with E-state index in [4.69, 9.17) is 33.7 Å². The number of rotatable bonds is 2. The summed E-state index contributed by atoms with van der Waals surface area (Å²) in [5.41, 5.74) is 7.11. The molecule has 0 radical (unpaired) electrons. The summed E-state index contributed by atoms with van der Waals surface area (Å²) in [4.78, 5) is 0. The van der Waals surface area contributed by atoms with Crippen molar-refractivity contribution in [3.63, 3.8) is 0 Å².